The fourth-order valence-electron chi connectivity index (χ4n) is 3.17. The van der Waals surface area contributed by atoms with Gasteiger partial charge in [-0.2, -0.15) is 4.98 Å². The summed E-state index contributed by atoms with van der Waals surface area (Å²) in [5.41, 5.74) is 4.60. The van der Waals surface area contributed by atoms with Gasteiger partial charge in [-0.1, -0.05) is 0 Å². The lowest BCUT2D eigenvalue weighted by atomic mass is 9.96. The Balaban J connectivity index is 2.09. The van der Waals surface area contributed by atoms with Gasteiger partial charge in [-0.25, -0.2) is 9.97 Å². The molecule has 0 spiro atoms. The van der Waals surface area contributed by atoms with Crippen LogP contribution in [0.25, 0.3) is 11.2 Å². The first-order valence-corrected chi connectivity index (χ1v) is 7.77. The normalized spacial score (nSPS) is 30.2. The molecule has 0 saturated carbocycles. The molecule has 0 radical (unpaired) electrons. The van der Waals surface area contributed by atoms with E-state index in [1.54, 1.807) is 0 Å². The molecule has 0 aromatic carbocycles. The van der Waals surface area contributed by atoms with Crippen LogP contribution in [0.2, 0.25) is 0 Å². The number of aliphatic hydroxyl groups excluding tert-OH is 3. The molecule has 24 heavy (non-hydrogen) atoms. The van der Waals surface area contributed by atoms with E-state index >= 15 is 0 Å². The SMILES string of the molecule is NCCCC[C@@]1(n2cnc3c(O)ncnc32)O[C@H](CO)[C@@H](O)[C@H]1O. The maximum atomic E-state index is 10.6. The second-order valence-electron chi connectivity index (χ2n) is 5.85. The molecule has 6 N–H and O–H groups in total. The Bertz CT molecular complexity index is 710. The number of aromatic nitrogens is 4. The molecule has 1 aliphatic rings. The van der Waals surface area contributed by atoms with Crippen molar-refractivity contribution in [2.75, 3.05) is 13.2 Å². The van der Waals surface area contributed by atoms with Crippen molar-refractivity contribution < 1.29 is 25.2 Å². The number of ether oxygens (including phenoxy) is 1. The van der Waals surface area contributed by atoms with Crippen molar-refractivity contribution in [3.05, 3.63) is 12.7 Å². The monoisotopic (exact) mass is 339 g/mol. The van der Waals surface area contributed by atoms with Gasteiger partial charge in [0.25, 0.3) is 0 Å². The van der Waals surface area contributed by atoms with Crippen molar-refractivity contribution in [2.45, 2.75) is 43.3 Å². The Labute approximate surface area is 137 Å². The molecule has 4 atom stereocenters. The summed E-state index contributed by atoms with van der Waals surface area (Å²) in [6, 6.07) is 0. The average Bonchev–Trinajstić information content (AvgIpc) is 3.12. The number of fused-ring (bicyclic) bond motifs is 1. The third kappa shape index (κ3) is 2.52. The van der Waals surface area contributed by atoms with Gasteiger partial charge in [-0.15, -0.1) is 0 Å². The molecule has 3 rings (SSSR count). The molecule has 10 nitrogen and oxygen atoms in total. The number of rotatable bonds is 6. The van der Waals surface area contributed by atoms with Crippen molar-refractivity contribution in [3.8, 4) is 5.88 Å². The Kier molecular flexibility index (Phi) is 4.65. The lowest BCUT2D eigenvalue weighted by molar-refractivity contribution is -0.151. The van der Waals surface area contributed by atoms with E-state index in [1.165, 1.54) is 17.2 Å². The van der Waals surface area contributed by atoms with Gasteiger partial charge in [0.15, 0.2) is 16.9 Å². The highest BCUT2D eigenvalue weighted by Crippen LogP contribution is 2.41. The summed E-state index contributed by atoms with van der Waals surface area (Å²) in [5, 5.41) is 40.0. The lowest BCUT2D eigenvalue weighted by Gasteiger charge is -2.33. The van der Waals surface area contributed by atoms with E-state index in [0.717, 1.165) is 0 Å². The van der Waals surface area contributed by atoms with Gasteiger partial charge < -0.3 is 30.9 Å². The van der Waals surface area contributed by atoms with Gasteiger partial charge in [-0.05, 0) is 25.8 Å². The number of imidazole rings is 1. The zero-order chi connectivity index (χ0) is 17.3. The summed E-state index contributed by atoms with van der Waals surface area (Å²) >= 11 is 0. The van der Waals surface area contributed by atoms with Crippen LogP contribution in [0.1, 0.15) is 19.3 Å². The maximum absolute atomic E-state index is 10.6. The first kappa shape index (κ1) is 17.0. The smallest absolute Gasteiger partial charge is 0.242 e. The van der Waals surface area contributed by atoms with Crippen LogP contribution in [0.4, 0.5) is 0 Å². The molecule has 132 valence electrons. The molecule has 3 heterocycles. The van der Waals surface area contributed by atoms with E-state index < -0.39 is 30.6 Å². The van der Waals surface area contributed by atoms with Crippen LogP contribution < -0.4 is 5.73 Å². The summed E-state index contributed by atoms with van der Waals surface area (Å²) in [4.78, 5) is 11.8. The van der Waals surface area contributed by atoms with Crippen LogP contribution in [-0.4, -0.2) is 71.4 Å². The van der Waals surface area contributed by atoms with Crippen molar-refractivity contribution in [2.24, 2.45) is 5.73 Å². The minimum Gasteiger partial charge on any atom is -0.492 e. The molecule has 0 bridgehead atoms. The summed E-state index contributed by atoms with van der Waals surface area (Å²) in [6.45, 7) is 0.0372. The predicted molar refractivity (Wildman–Crippen MR) is 81.8 cm³/mol. The van der Waals surface area contributed by atoms with Crippen LogP contribution in [0, 0.1) is 0 Å². The number of nitrogens with two attached hydrogens (primary N) is 1. The molecule has 2 aromatic rings. The van der Waals surface area contributed by atoms with Crippen molar-refractivity contribution in [1.29, 1.82) is 0 Å². The van der Waals surface area contributed by atoms with Crippen LogP contribution in [0.5, 0.6) is 5.88 Å². The van der Waals surface area contributed by atoms with Crippen molar-refractivity contribution in [3.63, 3.8) is 0 Å². The molecule has 1 aliphatic heterocycles. The Morgan fingerprint density at radius 2 is 2.04 bits per heavy atom. The molecule has 0 amide bonds. The highest BCUT2D eigenvalue weighted by molar-refractivity contribution is 5.75. The maximum Gasteiger partial charge on any atom is 0.242 e. The minimum atomic E-state index is -1.36. The predicted octanol–water partition coefficient (Wildman–Crippen LogP) is -1.57. The quantitative estimate of drug-likeness (QED) is 0.391. The summed E-state index contributed by atoms with van der Waals surface area (Å²) in [6.07, 6.45) is 0.685. The van der Waals surface area contributed by atoms with Crippen LogP contribution in [0.15, 0.2) is 12.7 Å². The third-order valence-corrected chi connectivity index (χ3v) is 4.41. The number of nitrogens with zero attached hydrogens (tertiary/aromatic N) is 4. The van der Waals surface area contributed by atoms with Crippen LogP contribution in [0.3, 0.4) is 0 Å². The Morgan fingerprint density at radius 3 is 2.71 bits per heavy atom. The Morgan fingerprint density at radius 1 is 1.25 bits per heavy atom. The number of unbranched alkanes of at least 4 members (excludes halogenated alkanes) is 1. The minimum absolute atomic E-state index is 0.161. The topological polar surface area (TPSA) is 160 Å². The third-order valence-electron chi connectivity index (χ3n) is 4.41. The second-order valence-corrected chi connectivity index (χ2v) is 5.85. The number of aliphatic hydroxyl groups is 3. The second kappa shape index (κ2) is 6.57. The van der Waals surface area contributed by atoms with E-state index in [-0.39, 0.29) is 17.0 Å². The largest absolute Gasteiger partial charge is 0.492 e. The van der Waals surface area contributed by atoms with Gasteiger partial charge in [0.05, 0.1) is 12.9 Å². The molecule has 0 aliphatic carbocycles. The molecule has 10 heteroatoms. The highest BCUT2D eigenvalue weighted by Gasteiger charge is 2.55. The average molecular weight is 339 g/mol. The summed E-state index contributed by atoms with van der Waals surface area (Å²) in [7, 11) is 0. The first-order chi connectivity index (χ1) is 11.5. The molecule has 1 saturated heterocycles. The molecule has 2 aromatic heterocycles. The highest BCUT2D eigenvalue weighted by atomic mass is 16.6. The zero-order valence-corrected chi connectivity index (χ0v) is 13.0. The molecule has 0 unspecified atom stereocenters. The first-order valence-electron chi connectivity index (χ1n) is 7.77. The summed E-state index contributed by atoms with van der Waals surface area (Å²) < 4.78 is 7.33. The van der Waals surface area contributed by atoms with E-state index in [0.29, 0.717) is 25.8 Å². The van der Waals surface area contributed by atoms with Crippen LogP contribution in [-0.2, 0) is 10.5 Å². The van der Waals surface area contributed by atoms with Gasteiger partial charge in [0.2, 0.25) is 5.88 Å². The molecular formula is C14H21N5O5. The standard InChI is InChI=1S/C14H21N5O5/c15-4-2-1-3-14(11(22)10(21)8(5-20)24-14)19-7-18-9-12(19)16-6-17-13(9)23/h6-8,10-11,20-22H,1-5,15H2,(H,16,17,23)/t8-,10-,11-,14-/m1/s1. The summed E-state index contributed by atoms with van der Waals surface area (Å²) in [5.74, 6) is -0.289. The molecular weight excluding hydrogens is 318 g/mol. The van der Waals surface area contributed by atoms with Gasteiger partial charge >= 0.3 is 0 Å². The van der Waals surface area contributed by atoms with Gasteiger partial charge in [0, 0.05) is 0 Å². The van der Waals surface area contributed by atoms with Gasteiger partial charge in [-0.3, -0.25) is 4.57 Å². The van der Waals surface area contributed by atoms with Crippen molar-refractivity contribution in [1.82, 2.24) is 19.5 Å². The van der Waals surface area contributed by atoms with Gasteiger partial charge in [0.1, 0.15) is 24.6 Å². The van der Waals surface area contributed by atoms with Crippen LogP contribution >= 0.6 is 0 Å². The van der Waals surface area contributed by atoms with E-state index in [9.17, 15) is 20.4 Å². The number of hydrogen-bond acceptors (Lipinski definition) is 9. The van der Waals surface area contributed by atoms with E-state index in [1.807, 2.05) is 0 Å². The van der Waals surface area contributed by atoms with Crippen molar-refractivity contribution >= 4 is 11.2 Å². The number of aromatic hydroxyl groups is 1. The zero-order valence-electron chi connectivity index (χ0n) is 13.0. The fourth-order valence-corrected chi connectivity index (χ4v) is 3.17. The fraction of sp³-hybridized carbons (Fsp3) is 0.643. The number of hydrogen-bond donors (Lipinski definition) is 5. The molecule has 1 fully saturated rings. The lowest BCUT2D eigenvalue weighted by Crippen LogP contribution is -2.45. The van der Waals surface area contributed by atoms with E-state index in [4.69, 9.17) is 10.5 Å². The van der Waals surface area contributed by atoms with E-state index in [2.05, 4.69) is 15.0 Å². The Hall–Kier alpha value is -1.85.